The first-order valence-corrected chi connectivity index (χ1v) is 8.51. The van der Waals surface area contributed by atoms with Gasteiger partial charge in [0.2, 0.25) is 11.8 Å². The Bertz CT molecular complexity index is 753. The quantitative estimate of drug-likeness (QED) is 0.895. The summed E-state index contributed by atoms with van der Waals surface area (Å²) in [5.74, 6) is 0.000206. The molecule has 0 radical (unpaired) electrons. The van der Waals surface area contributed by atoms with Gasteiger partial charge in [0.1, 0.15) is 6.54 Å². The van der Waals surface area contributed by atoms with Crippen LogP contribution in [0.15, 0.2) is 30.7 Å². The molecule has 7 heteroatoms. The Balaban J connectivity index is 1.66. The van der Waals surface area contributed by atoms with Gasteiger partial charge < -0.3 is 10.2 Å². The van der Waals surface area contributed by atoms with E-state index in [1.165, 1.54) is 6.92 Å². The smallest absolute Gasteiger partial charge is 0.244 e. The predicted octanol–water partition coefficient (Wildman–Crippen LogP) is 1.59. The molecule has 0 bridgehead atoms. The summed E-state index contributed by atoms with van der Waals surface area (Å²) >= 11 is 0. The number of hydrogen-bond donors (Lipinski definition) is 1. The first-order valence-electron chi connectivity index (χ1n) is 8.51. The average molecular weight is 341 g/mol. The van der Waals surface area contributed by atoms with E-state index >= 15 is 0 Å². The van der Waals surface area contributed by atoms with Crippen molar-refractivity contribution in [1.82, 2.24) is 25.0 Å². The number of carbonyl (C=O) groups is 2. The van der Waals surface area contributed by atoms with Crippen LogP contribution in [-0.2, 0) is 22.7 Å². The summed E-state index contributed by atoms with van der Waals surface area (Å²) in [4.78, 5) is 30.0. The summed E-state index contributed by atoms with van der Waals surface area (Å²) in [5.41, 5.74) is 2.89. The summed E-state index contributed by atoms with van der Waals surface area (Å²) in [5, 5.41) is 6.94. The maximum Gasteiger partial charge on any atom is 0.244 e. The van der Waals surface area contributed by atoms with E-state index in [1.54, 1.807) is 17.1 Å². The lowest BCUT2D eigenvalue weighted by atomic mass is 10.1. The van der Waals surface area contributed by atoms with Crippen molar-refractivity contribution >= 4 is 11.8 Å². The highest BCUT2D eigenvalue weighted by Gasteiger charge is 2.30. The number of rotatable bonds is 5. The Morgan fingerprint density at radius 3 is 2.80 bits per heavy atom. The molecule has 1 N–H and O–H groups in total. The molecule has 0 aromatic carbocycles. The topological polar surface area (TPSA) is 80.1 Å². The fourth-order valence-electron chi connectivity index (χ4n) is 3.12. The number of hydrogen-bond acceptors (Lipinski definition) is 4. The van der Waals surface area contributed by atoms with Gasteiger partial charge >= 0.3 is 0 Å². The third kappa shape index (κ3) is 4.23. The van der Waals surface area contributed by atoms with Crippen LogP contribution in [0.25, 0.3) is 0 Å². The van der Waals surface area contributed by atoms with Gasteiger partial charge in [-0.15, -0.1) is 0 Å². The number of aryl methyl sites for hydroxylation is 1. The largest absolute Gasteiger partial charge is 0.352 e. The molecule has 1 aliphatic rings. The van der Waals surface area contributed by atoms with Crippen molar-refractivity contribution in [3.05, 3.63) is 47.5 Å². The van der Waals surface area contributed by atoms with Gasteiger partial charge in [-0.1, -0.05) is 6.07 Å². The molecule has 0 saturated carbocycles. The molecule has 3 heterocycles. The summed E-state index contributed by atoms with van der Waals surface area (Å²) in [6.45, 7) is 4.92. The van der Waals surface area contributed by atoms with Crippen molar-refractivity contribution < 1.29 is 9.59 Å². The highest BCUT2D eigenvalue weighted by Crippen LogP contribution is 2.31. The maximum absolute atomic E-state index is 12.6. The fraction of sp³-hybridized carbons (Fsp3) is 0.444. The zero-order valence-electron chi connectivity index (χ0n) is 14.6. The molecule has 7 nitrogen and oxygen atoms in total. The zero-order valence-corrected chi connectivity index (χ0v) is 14.6. The Labute approximate surface area is 147 Å². The van der Waals surface area contributed by atoms with Crippen molar-refractivity contribution in [2.45, 2.75) is 45.8 Å². The van der Waals surface area contributed by atoms with Crippen LogP contribution in [0.3, 0.4) is 0 Å². The molecular formula is C18H23N5O2. The minimum atomic E-state index is -0.0644. The van der Waals surface area contributed by atoms with E-state index < -0.39 is 0 Å². The average Bonchev–Trinajstić information content (AvgIpc) is 3.22. The van der Waals surface area contributed by atoms with Crippen molar-refractivity contribution in [1.29, 1.82) is 0 Å². The van der Waals surface area contributed by atoms with Crippen molar-refractivity contribution in [2.24, 2.45) is 0 Å². The second kappa shape index (κ2) is 7.46. The first-order chi connectivity index (χ1) is 12.0. The Hall–Kier alpha value is -2.70. The standard InChI is InChI=1S/C18H23N5O2/c1-13-8-21-22(11-13)12-18(25)23-7-3-4-17(23)16-6-5-15(10-20-16)9-19-14(2)24/h5-6,8,10-11,17H,3-4,7,9,12H2,1-2H3,(H,19,24)/t17-/m0/s1. The minimum Gasteiger partial charge on any atom is -0.352 e. The van der Waals surface area contributed by atoms with E-state index in [-0.39, 0.29) is 24.4 Å². The molecule has 25 heavy (non-hydrogen) atoms. The zero-order chi connectivity index (χ0) is 17.8. The molecule has 2 aromatic rings. The predicted molar refractivity (Wildman–Crippen MR) is 92.4 cm³/mol. The SMILES string of the molecule is CC(=O)NCc1ccc([C@@H]2CCCN2C(=O)Cn2cc(C)cn2)nc1. The van der Waals surface area contributed by atoms with Gasteiger partial charge in [-0.3, -0.25) is 19.3 Å². The van der Waals surface area contributed by atoms with E-state index in [2.05, 4.69) is 15.4 Å². The molecule has 0 unspecified atom stereocenters. The van der Waals surface area contributed by atoms with Gasteiger partial charge in [-0.2, -0.15) is 5.10 Å². The molecule has 132 valence electrons. The molecule has 0 aliphatic carbocycles. The minimum absolute atomic E-state index is 0.0129. The van der Waals surface area contributed by atoms with Gasteiger partial charge in [0.25, 0.3) is 0 Å². The van der Waals surface area contributed by atoms with E-state index in [1.807, 2.05) is 30.2 Å². The van der Waals surface area contributed by atoms with Gasteiger partial charge in [0.05, 0.1) is 17.9 Å². The Morgan fingerprint density at radius 2 is 2.16 bits per heavy atom. The van der Waals surface area contributed by atoms with E-state index in [0.29, 0.717) is 6.54 Å². The molecule has 0 spiro atoms. The molecular weight excluding hydrogens is 318 g/mol. The van der Waals surface area contributed by atoms with Crippen LogP contribution in [0.1, 0.15) is 42.6 Å². The monoisotopic (exact) mass is 341 g/mol. The summed E-state index contributed by atoms with van der Waals surface area (Å²) in [6.07, 6.45) is 7.29. The lowest BCUT2D eigenvalue weighted by molar-refractivity contribution is -0.133. The number of aromatic nitrogens is 3. The molecule has 1 aliphatic heterocycles. The first kappa shape index (κ1) is 17.1. The van der Waals surface area contributed by atoms with Crippen molar-refractivity contribution in [3.63, 3.8) is 0 Å². The summed E-state index contributed by atoms with van der Waals surface area (Å²) < 4.78 is 1.68. The van der Waals surface area contributed by atoms with Gasteiger partial charge in [0, 0.05) is 32.4 Å². The number of likely N-dealkylation sites (tertiary alicyclic amines) is 1. The maximum atomic E-state index is 12.6. The second-order valence-electron chi connectivity index (χ2n) is 6.46. The number of carbonyl (C=O) groups excluding carboxylic acids is 2. The van der Waals surface area contributed by atoms with Gasteiger partial charge in [-0.25, -0.2) is 0 Å². The highest BCUT2D eigenvalue weighted by atomic mass is 16.2. The third-order valence-corrected chi connectivity index (χ3v) is 4.36. The number of nitrogens with one attached hydrogen (secondary N) is 1. The number of nitrogens with zero attached hydrogens (tertiary/aromatic N) is 4. The molecule has 3 rings (SSSR count). The summed E-state index contributed by atoms with van der Waals surface area (Å²) in [6, 6.07) is 3.92. The van der Waals surface area contributed by atoms with E-state index in [0.717, 1.165) is 36.2 Å². The van der Waals surface area contributed by atoms with Crippen molar-refractivity contribution in [3.8, 4) is 0 Å². The lowest BCUT2D eigenvalue weighted by Gasteiger charge is -2.24. The van der Waals surface area contributed by atoms with E-state index in [9.17, 15) is 9.59 Å². The molecule has 1 fully saturated rings. The number of pyridine rings is 1. The van der Waals surface area contributed by atoms with E-state index in [4.69, 9.17) is 0 Å². The fourth-order valence-corrected chi connectivity index (χ4v) is 3.12. The normalized spacial score (nSPS) is 16.9. The Morgan fingerprint density at radius 1 is 1.32 bits per heavy atom. The van der Waals surface area contributed by atoms with Crippen LogP contribution >= 0.6 is 0 Å². The molecule has 1 saturated heterocycles. The lowest BCUT2D eigenvalue weighted by Crippen LogP contribution is -2.34. The molecule has 2 amide bonds. The van der Waals surface area contributed by atoms with Crippen LogP contribution < -0.4 is 5.32 Å². The van der Waals surface area contributed by atoms with Crippen LogP contribution in [0.5, 0.6) is 0 Å². The third-order valence-electron chi connectivity index (χ3n) is 4.36. The highest BCUT2D eigenvalue weighted by molar-refractivity contribution is 5.76. The van der Waals surface area contributed by atoms with Gasteiger partial charge in [0.15, 0.2) is 0 Å². The van der Waals surface area contributed by atoms with Crippen LogP contribution in [0.4, 0.5) is 0 Å². The van der Waals surface area contributed by atoms with Crippen LogP contribution in [0.2, 0.25) is 0 Å². The summed E-state index contributed by atoms with van der Waals surface area (Å²) in [7, 11) is 0. The van der Waals surface area contributed by atoms with Gasteiger partial charge in [-0.05, 0) is 37.0 Å². The second-order valence-corrected chi connectivity index (χ2v) is 6.46. The van der Waals surface area contributed by atoms with Crippen molar-refractivity contribution in [2.75, 3.05) is 6.54 Å². The number of amides is 2. The van der Waals surface area contributed by atoms with Crippen LogP contribution in [0, 0.1) is 6.92 Å². The van der Waals surface area contributed by atoms with Crippen LogP contribution in [-0.4, -0.2) is 38.0 Å². The molecule has 2 aromatic heterocycles. The Kier molecular flexibility index (Phi) is 5.11. The molecule has 1 atom stereocenters.